The summed E-state index contributed by atoms with van der Waals surface area (Å²) in [4.78, 5) is 0. The van der Waals surface area contributed by atoms with Crippen molar-refractivity contribution in [3.8, 4) is 0 Å². The molecule has 5 nitrogen and oxygen atoms in total. The van der Waals surface area contributed by atoms with Crippen LogP contribution < -0.4 is 0 Å². The monoisotopic (exact) mass is 398 g/mol. The maximum Gasteiger partial charge on any atom is 0.163 e. The van der Waals surface area contributed by atoms with Crippen molar-refractivity contribution >= 4 is 0 Å². The van der Waals surface area contributed by atoms with Crippen LogP contribution in [0.25, 0.3) is 0 Å². The third-order valence-corrected chi connectivity index (χ3v) is 5.03. The van der Waals surface area contributed by atoms with Crippen LogP contribution in [0, 0.1) is 5.92 Å². The molecule has 5 atom stereocenters. The van der Waals surface area contributed by atoms with Crippen molar-refractivity contribution in [2.75, 3.05) is 13.2 Å². The highest BCUT2D eigenvalue weighted by atomic mass is 16.7. The number of hydrogen-bond donors (Lipinski definition) is 1. The highest BCUT2D eigenvalue weighted by Crippen LogP contribution is 2.30. The lowest BCUT2D eigenvalue weighted by Crippen LogP contribution is -2.56. The molecule has 0 saturated carbocycles. The molecule has 1 heterocycles. The molecule has 156 valence electrons. The van der Waals surface area contributed by atoms with Gasteiger partial charge < -0.3 is 24.1 Å². The van der Waals surface area contributed by atoms with Gasteiger partial charge in [-0.05, 0) is 11.1 Å². The van der Waals surface area contributed by atoms with Crippen LogP contribution in [0.15, 0.2) is 73.3 Å². The summed E-state index contributed by atoms with van der Waals surface area (Å²) in [6, 6.07) is 19.8. The summed E-state index contributed by atoms with van der Waals surface area (Å²) in [6.45, 7) is 7.15. The minimum atomic E-state index is -0.812. The van der Waals surface area contributed by atoms with Crippen LogP contribution in [-0.4, -0.2) is 42.9 Å². The van der Waals surface area contributed by atoms with Crippen molar-refractivity contribution in [1.29, 1.82) is 0 Å². The van der Waals surface area contributed by atoms with Crippen LogP contribution in [0.5, 0.6) is 0 Å². The van der Waals surface area contributed by atoms with E-state index in [9.17, 15) is 5.11 Å². The summed E-state index contributed by atoms with van der Waals surface area (Å²) in [5, 5.41) is 10.9. The van der Waals surface area contributed by atoms with E-state index in [1.54, 1.807) is 6.08 Å². The van der Waals surface area contributed by atoms with Crippen molar-refractivity contribution in [3.05, 3.63) is 84.4 Å². The van der Waals surface area contributed by atoms with Gasteiger partial charge in [0.15, 0.2) is 6.29 Å². The smallest absolute Gasteiger partial charge is 0.163 e. The molecule has 0 bridgehead atoms. The first kappa shape index (κ1) is 21.7. The SMILES string of the molecule is C=CCO[C@@H]1OC(COCc2ccccc2)[C@@H](O)[C@@H](OCc2ccccc2)C1C. The van der Waals surface area contributed by atoms with E-state index in [-0.39, 0.29) is 12.5 Å². The predicted molar refractivity (Wildman–Crippen MR) is 111 cm³/mol. The molecule has 5 heteroatoms. The van der Waals surface area contributed by atoms with Gasteiger partial charge in [0.1, 0.15) is 12.2 Å². The number of ether oxygens (including phenoxy) is 4. The van der Waals surface area contributed by atoms with Crippen molar-refractivity contribution in [2.24, 2.45) is 5.92 Å². The van der Waals surface area contributed by atoms with E-state index in [0.29, 0.717) is 19.8 Å². The molecule has 1 N–H and O–H groups in total. The molecule has 0 aromatic heterocycles. The summed E-state index contributed by atoms with van der Waals surface area (Å²) >= 11 is 0. The summed E-state index contributed by atoms with van der Waals surface area (Å²) in [5.41, 5.74) is 2.13. The Kier molecular flexibility index (Phi) is 8.40. The molecule has 2 aromatic carbocycles. The molecule has 2 unspecified atom stereocenters. The van der Waals surface area contributed by atoms with E-state index in [1.165, 1.54) is 0 Å². The van der Waals surface area contributed by atoms with E-state index in [1.807, 2.05) is 67.6 Å². The number of rotatable bonds is 10. The molecule has 1 fully saturated rings. The molecule has 1 saturated heterocycles. The lowest BCUT2D eigenvalue weighted by Gasteiger charge is -2.43. The molecule has 1 aliphatic heterocycles. The zero-order chi connectivity index (χ0) is 20.5. The first-order valence-electron chi connectivity index (χ1n) is 10.0. The number of aliphatic hydroxyl groups excluding tert-OH is 1. The van der Waals surface area contributed by atoms with Gasteiger partial charge in [0.05, 0.1) is 32.5 Å². The molecule has 0 spiro atoms. The molecule has 3 rings (SSSR count). The van der Waals surface area contributed by atoms with Crippen LogP contribution in [-0.2, 0) is 32.2 Å². The summed E-state index contributed by atoms with van der Waals surface area (Å²) in [7, 11) is 0. The van der Waals surface area contributed by atoms with Gasteiger partial charge in [-0.3, -0.25) is 0 Å². The molecule has 1 aliphatic rings. The van der Waals surface area contributed by atoms with Crippen LogP contribution in [0.2, 0.25) is 0 Å². The molecular formula is C24H30O5. The van der Waals surface area contributed by atoms with E-state index in [2.05, 4.69) is 6.58 Å². The Hall–Kier alpha value is -2.02. The van der Waals surface area contributed by atoms with Gasteiger partial charge in [0.2, 0.25) is 0 Å². The minimum Gasteiger partial charge on any atom is -0.388 e. The van der Waals surface area contributed by atoms with Gasteiger partial charge in [-0.2, -0.15) is 0 Å². The largest absolute Gasteiger partial charge is 0.388 e. The predicted octanol–water partition coefficient (Wildman–Crippen LogP) is 3.71. The Bertz CT molecular complexity index is 721. The first-order chi connectivity index (χ1) is 14.2. The zero-order valence-corrected chi connectivity index (χ0v) is 16.9. The second kappa shape index (κ2) is 11.2. The minimum absolute atomic E-state index is 0.140. The highest BCUT2D eigenvalue weighted by Gasteiger charge is 2.44. The molecular weight excluding hydrogens is 368 g/mol. The molecule has 0 radical (unpaired) electrons. The molecule has 0 amide bonds. The Morgan fingerprint density at radius 1 is 0.966 bits per heavy atom. The van der Waals surface area contributed by atoms with Gasteiger partial charge in [-0.15, -0.1) is 6.58 Å². The topological polar surface area (TPSA) is 57.2 Å². The normalized spacial score (nSPS) is 26.9. The Morgan fingerprint density at radius 3 is 2.21 bits per heavy atom. The van der Waals surface area contributed by atoms with Gasteiger partial charge in [-0.25, -0.2) is 0 Å². The second-order valence-corrected chi connectivity index (χ2v) is 7.28. The molecule has 0 aliphatic carbocycles. The summed E-state index contributed by atoms with van der Waals surface area (Å²) in [6.07, 6.45) is -0.591. The first-order valence-corrected chi connectivity index (χ1v) is 10.0. The fourth-order valence-corrected chi connectivity index (χ4v) is 3.43. The van der Waals surface area contributed by atoms with Crippen molar-refractivity contribution in [1.82, 2.24) is 0 Å². The summed E-state index contributed by atoms with van der Waals surface area (Å²) < 4.78 is 23.7. The van der Waals surface area contributed by atoms with Gasteiger partial charge in [-0.1, -0.05) is 73.7 Å². The lowest BCUT2D eigenvalue weighted by molar-refractivity contribution is -0.290. The lowest BCUT2D eigenvalue weighted by atomic mass is 9.92. The quantitative estimate of drug-likeness (QED) is 0.618. The Morgan fingerprint density at radius 2 is 1.59 bits per heavy atom. The Labute approximate surface area is 172 Å². The maximum absolute atomic E-state index is 10.9. The zero-order valence-electron chi connectivity index (χ0n) is 16.9. The highest BCUT2D eigenvalue weighted by molar-refractivity contribution is 5.14. The van der Waals surface area contributed by atoms with Crippen molar-refractivity contribution in [2.45, 2.75) is 44.7 Å². The van der Waals surface area contributed by atoms with Crippen molar-refractivity contribution in [3.63, 3.8) is 0 Å². The van der Waals surface area contributed by atoms with E-state index >= 15 is 0 Å². The van der Waals surface area contributed by atoms with Crippen LogP contribution >= 0.6 is 0 Å². The third-order valence-electron chi connectivity index (χ3n) is 5.03. The number of benzene rings is 2. The van der Waals surface area contributed by atoms with Crippen LogP contribution in [0.3, 0.4) is 0 Å². The van der Waals surface area contributed by atoms with Crippen molar-refractivity contribution < 1.29 is 24.1 Å². The van der Waals surface area contributed by atoms with E-state index in [0.717, 1.165) is 11.1 Å². The molecule has 29 heavy (non-hydrogen) atoms. The fourth-order valence-electron chi connectivity index (χ4n) is 3.43. The second-order valence-electron chi connectivity index (χ2n) is 7.28. The van der Waals surface area contributed by atoms with Gasteiger partial charge in [0, 0.05) is 5.92 Å². The fraction of sp³-hybridized carbons (Fsp3) is 0.417. The third kappa shape index (κ3) is 6.23. The van der Waals surface area contributed by atoms with E-state index < -0.39 is 24.6 Å². The average molecular weight is 398 g/mol. The molecule has 2 aromatic rings. The number of aliphatic hydroxyl groups is 1. The van der Waals surface area contributed by atoms with E-state index in [4.69, 9.17) is 18.9 Å². The standard InChI is InChI=1S/C24H30O5/c1-3-14-27-24-18(2)23(28-16-20-12-8-5-9-13-20)22(25)21(29-24)17-26-15-19-10-6-4-7-11-19/h3-13,18,21-25H,1,14-17H2,2H3/t18?,21?,22-,23+,24-/m1/s1. The van der Waals surface area contributed by atoms with Crippen LogP contribution in [0.1, 0.15) is 18.1 Å². The summed E-state index contributed by atoms with van der Waals surface area (Å²) in [5.74, 6) is -0.140. The van der Waals surface area contributed by atoms with Gasteiger partial charge in [0.25, 0.3) is 0 Å². The maximum atomic E-state index is 10.9. The van der Waals surface area contributed by atoms with Crippen LogP contribution in [0.4, 0.5) is 0 Å². The van der Waals surface area contributed by atoms with Gasteiger partial charge >= 0.3 is 0 Å². The Balaban J connectivity index is 1.62. The average Bonchev–Trinajstić information content (AvgIpc) is 2.76. The number of hydrogen-bond acceptors (Lipinski definition) is 5.